The Hall–Kier alpha value is -2.74. The molecule has 0 spiro atoms. The normalized spacial score (nSPS) is 20.9. The van der Waals surface area contributed by atoms with Crippen molar-refractivity contribution in [2.24, 2.45) is 0 Å². The van der Waals surface area contributed by atoms with Gasteiger partial charge in [0.15, 0.2) is 0 Å². The lowest BCUT2D eigenvalue weighted by atomic mass is 10.1. The van der Waals surface area contributed by atoms with Crippen molar-refractivity contribution in [1.29, 1.82) is 0 Å². The fourth-order valence-electron chi connectivity index (χ4n) is 3.29. The number of aromatic nitrogens is 3. The van der Waals surface area contributed by atoms with Crippen LogP contribution in [0, 0.1) is 0 Å². The molecule has 2 aromatic heterocycles. The first kappa shape index (κ1) is 19.0. The van der Waals surface area contributed by atoms with Gasteiger partial charge in [-0.15, -0.1) is 0 Å². The van der Waals surface area contributed by atoms with Gasteiger partial charge in [0.1, 0.15) is 11.7 Å². The zero-order valence-corrected chi connectivity index (χ0v) is 16.1. The first-order chi connectivity index (χ1) is 13.0. The number of hydrogen-bond acceptors (Lipinski definition) is 5. The quantitative estimate of drug-likeness (QED) is 0.873. The molecule has 0 aromatic carbocycles. The van der Waals surface area contributed by atoms with Gasteiger partial charge in [-0.25, -0.2) is 4.98 Å². The lowest BCUT2D eigenvalue weighted by molar-refractivity contribution is -0.120. The van der Waals surface area contributed by atoms with E-state index in [0.29, 0.717) is 31.2 Å². The van der Waals surface area contributed by atoms with E-state index < -0.39 is 6.04 Å². The summed E-state index contributed by atoms with van der Waals surface area (Å²) in [5.41, 5.74) is 2.28. The van der Waals surface area contributed by atoms with Crippen molar-refractivity contribution in [2.45, 2.75) is 52.5 Å². The zero-order chi connectivity index (χ0) is 19.6. The first-order valence-electron chi connectivity index (χ1n) is 9.24. The van der Waals surface area contributed by atoms with Gasteiger partial charge in [-0.1, -0.05) is 13.8 Å². The third-order valence-electron chi connectivity index (χ3n) is 4.77. The van der Waals surface area contributed by atoms with Gasteiger partial charge in [-0.3, -0.25) is 19.5 Å². The minimum Gasteiger partial charge on any atom is -0.369 e. The summed E-state index contributed by atoms with van der Waals surface area (Å²) in [5.74, 6) is 0.0488. The molecule has 0 bridgehead atoms. The van der Waals surface area contributed by atoms with E-state index in [2.05, 4.69) is 15.3 Å². The van der Waals surface area contributed by atoms with E-state index in [0.717, 1.165) is 11.1 Å². The number of imidazole rings is 1. The molecule has 0 aliphatic carbocycles. The second-order valence-electron chi connectivity index (χ2n) is 6.35. The molecule has 2 aliphatic heterocycles. The Kier molecular flexibility index (Phi) is 5.55. The van der Waals surface area contributed by atoms with Crippen LogP contribution < -0.4 is 10.2 Å². The molecule has 144 valence electrons. The van der Waals surface area contributed by atoms with Crippen molar-refractivity contribution < 1.29 is 14.3 Å². The van der Waals surface area contributed by atoms with E-state index in [9.17, 15) is 9.59 Å². The van der Waals surface area contributed by atoms with E-state index in [1.807, 2.05) is 31.5 Å². The molecule has 2 amide bonds. The third kappa shape index (κ3) is 3.57. The predicted octanol–water partition coefficient (Wildman–Crippen LogP) is 2.06. The Labute approximate surface area is 158 Å². The molecule has 0 radical (unpaired) electrons. The number of aryl methyl sites for hydroxylation is 1. The van der Waals surface area contributed by atoms with Crippen molar-refractivity contribution in [3.05, 3.63) is 41.5 Å². The van der Waals surface area contributed by atoms with Gasteiger partial charge in [0.05, 0.1) is 12.7 Å². The smallest absolute Gasteiger partial charge is 0.270 e. The minimum atomic E-state index is -0.608. The maximum Gasteiger partial charge on any atom is 0.270 e. The maximum atomic E-state index is 12.6. The highest BCUT2D eigenvalue weighted by molar-refractivity contribution is 6.01. The van der Waals surface area contributed by atoms with Crippen LogP contribution in [0.4, 0.5) is 5.95 Å². The van der Waals surface area contributed by atoms with Crippen molar-refractivity contribution in [2.75, 3.05) is 11.9 Å². The summed E-state index contributed by atoms with van der Waals surface area (Å²) in [6, 6.07) is 1.14. The molecule has 1 N–H and O–H groups in total. The van der Waals surface area contributed by atoms with Gasteiger partial charge >= 0.3 is 0 Å². The molecule has 4 rings (SSSR count). The van der Waals surface area contributed by atoms with Crippen LogP contribution in [-0.4, -0.2) is 39.4 Å². The molecule has 8 heteroatoms. The molecular formula is C19H25N5O3. The second kappa shape index (κ2) is 7.87. The maximum absolute atomic E-state index is 12.6. The van der Waals surface area contributed by atoms with E-state index >= 15 is 0 Å². The number of likely N-dealkylation sites (N-methyl/N-ethyl adjacent to an activating group) is 1. The number of anilines is 1. The van der Waals surface area contributed by atoms with Crippen molar-refractivity contribution in [3.63, 3.8) is 0 Å². The number of fused-ring (bicyclic) bond motifs is 2. The Morgan fingerprint density at radius 1 is 1.33 bits per heavy atom. The van der Waals surface area contributed by atoms with Crippen LogP contribution in [0.3, 0.4) is 0 Å². The lowest BCUT2D eigenvalue weighted by Crippen LogP contribution is -2.47. The first-order valence-corrected chi connectivity index (χ1v) is 9.24. The standard InChI is InChI=1S/C17H19N5O3.C2H6/c1-10-12-7-14(19-8-11(12)9-25-10)15(23)20-13-3-5-22-6-4-18-17(22)21(2)16(13)24;1-2/h4,6-8,10,13H,3,5,9H2,1-2H3,(H,20,23);1-2H3. The number of amides is 2. The lowest BCUT2D eigenvalue weighted by Gasteiger charge is -2.19. The Morgan fingerprint density at radius 3 is 2.89 bits per heavy atom. The molecule has 0 saturated heterocycles. The largest absolute Gasteiger partial charge is 0.369 e. The molecule has 0 fully saturated rings. The third-order valence-corrected chi connectivity index (χ3v) is 4.77. The van der Waals surface area contributed by atoms with Gasteiger partial charge in [0.2, 0.25) is 5.95 Å². The SMILES string of the molecule is CC.CC1OCc2cnc(C(=O)NC3CCn4ccnc4N(C)C3=O)cc21. The summed E-state index contributed by atoms with van der Waals surface area (Å²) >= 11 is 0. The van der Waals surface area contributed by atoms with Crippen LogP contribution in [0.25, 0.3) is 0 Å². The fraction of sp³-hybridized carbons (Fsp3) is 0.474. The number of pyridine rings is 1. The number of nitrogens with one attached hydrogen (secondary N) is 1. The van der Waals surface area contributed by atoms with Crippen molar-refractivity contribution in [1.82, 2.24) is 19.9 Å². The monoisotopic (exact) mass is 371 g/mol. The number of carbonyl (C=O) groups is 2. The molecule has 8 nitrogen and oxygen atoms in total. The highest BCUT2D eigenvalue weighted by Gasteiger charge is 2.31. The number of nitrogens with zero attached hydrogens (tertiary/aromatic N) is 4. The van der Waals surface area contributed by atoms with E-state index in [1.54, 1.807) is 25.5 Å². The second-order valence-corrected chi connectivity index (χ2v) is 6.35. The van der Waals surface area contributed by atoms with Crippen LogP contribution in [0.15, 0.2) is 24.7 Å². The molecule has 2 unspecified atom stereocenters. The van der Waals surface area contributed by atoms with Crippen LogP contribution >= 0.6 is 0 Å². The van der Waals surface area contributed by atoms with E-state index in [4.69, 9.17) is 4.74 Å². The molecule has 4 heterocycles. The minimum absolute atomic E-state index is 0.0489. The molecule has 27 heavy (non-hydrogen) atoms. The zero-order valence-electron chi connectivity index (χ0n) is 16.1. The van der Waals surface area contributed by atoms with Gasteiger partial charge in [-0.05, 0) is 25.0 Å². The number of ether oxygens (including phenoxy) is 1. The van der Waals surface area contributed by atoms with Gasteiger partial charge < -0.3 is 14.6 Å². The molecule has 0 saturated carbocycles. The van der Waals surface area contributed by atoms with E-state index in [1.165, 1.54) is 4.90 Å². The van der Waals surface area contributed by atoms with Crippen LogP contribution in [-0.2, 0) is 22.7 Å². The van der Waals surface area contributed by atoms with Gasteiger partial charge in [0.25, 0.3) is 11.8 Å². The highest BCUT2D eigenvalue weighted by Crippen LogP contribution is 2.29. The van der Waals surface area contributed by atoms with E-state index in [-0.39, 0.29) is 17.9 Å². The van der Waals surface area contributed by atoms with Crippen LogP contribution in [0.5, 0.6) is 0 Å². The van der Waals surface area contributed by atoms with Gasteiger partial charge in [-0.2, -0.15) is 0 Å². The van der Waals surface area contributed by atoms with Crippen LogP contribution in [0.2, 0.25) is 0 Å². The molecule has 2 atom stereocenters. The number of rotatable bonds is 2. The highest BCUT2D eigenvalue weighted by atomic mass is 16.5. The summed E-state index contributed by atoms with van der Waals surface area (Å²) in [6.07, 6.45) is 5.61. The van der Waals surface area contributed by atoms with Crippen molar-refractivity contribution in [3.8, 4) is 0 Å². The summed E-state index contributed by atoms with van der Waals surface area (Å²) in [6.45, 7) is 7.07. The molecular weight excluding hydrogens is 346 g/mol. The Morgan fingerprint density at radius 2 is 2.11 bits per heavy atom. The Balaban J connectivity index is 0.00000102. The summed E-state index contributed by atoms with van der Waals surface area (Å²) in [7, 11) is 1.66. The van der Waals surface area contributed by atoms with Crippen LogP contribution in [0.1, 0.15) is 54.9 Å². The number of hydrogen-bond donors (Lipinski definition) is 1. The average Bonchev–Trinajstić information content (AvgIpc) is 3.29. The average molecular weight is 371 g/mol. The van der Waals surface area contributed by atoms with Crippen molar-refractivity contribution >= 4 is 17.8 Å². The van der Waals surface area contributed by atoms with Gasteiger partial charge in [0, 0.05) is 37.7 Å². The topological polar surface area (TPSA) is 89.3 Å². The summed E-state index contributed by atoms with van der Waals surface area (Å²) < 4.78 is 7.44. The fourth-order valence-corrected chi connectivity index (χ4v) is 3.29. The predicted molar refractivity (Wildman–Crippen MR) is 100 cm³/mol. The molecule has 2 aromatic rings. The summed E-state index contributed by atoms with van der Waals surface area (Å²) in [4.78, 5) is 35.1. The Bertz CT molecular complexity index is 848. The molecule has 2 aliphatic rings. The summed E-state index contributed by atoms with van der Waals surface area (Å²) in [5, 5.41) is 2.81. The number of carbonyl (C=O) groups excluding carboxylic acids is 2.